The van der Waals surface area contributed by atoms with Gasteiger partial charge in [0.15, 0.2) is 0 Å². The fourth-order valence-electron chi connectivity index (χ4n) is 0.431. The Balaban J connectivity index is 2.42. The minimum absolute atomic E-state index is 0.873. The Morgan fingerprint density at radius 3 is 2.86 bits per heavy atom. The molecule has 0 fully saturated rings. The molecule has 0 radical (unpaired) electrons. The van der Waals surface area contributed by atoms with E-state index in [1.807, 2.05) is 6.92 Å². The van der Waals surface area contributed by atoms with Crippen molar-refractivity contribution in [2.45, 2.75) is 6.92 Å². The van der Waals surface area contributed by atoms with E-state index in [9.17, 15) is 0 Å². The molecule has 1 aliphatic heterocycles. The molecule has 0 N–H and O–H groups in total. The molecular formula is C4H6ClNS. The molecule has 0 spiro atoms. The van der Waals surface area contributed by atoms with Gasteiger partial charge in [-0.3, -0.25) is 0 Å². The van der Waals surface area contributed by atoms with Crippen molar-refractivity contribution < 1.29 is 0 Å². The molecule has 0 aromatic rings. The van der Waals surface area contributed by atoms with Gasteiger partial charge in [0.05, 0.1) is 0 Å². The lowest BCUT2D eigenvalue weighted by atomic mass is 10.5. The third-order valence-corrected chi connectivity index (χ3v) is 1.91. The van der Waals surface area contributed by atoms with Gasteiger partial charge in [0.25, 0.3) is 0 Å². The predicted octanol–water partition coefficient (Wildman–Crippen LogP) is 2.01. The first-order valence-corrected chi connectivity index (χ1v) is 3.18. The van der Waals surface area contributed by atoms with Gasteiger partial charge in [0.1, 0.15) is 0 Å². The summed E-state index contributed by atoms with van der Waals surface area (Å²) >= 11 is 7.13. The Bertz CT molecular complexity index is 102. The zero-order chi connectivity index (χ0) is 5.28. The van der Waals surface area contributed by atoms with Crippen LogP contribution in [0.5, 0.6) is 0 Å². The van der Waals surface area contributed by atoms with Crippen molar-refractivity contribution in [1.29, 1.82) is 0 Å². The molecule has 0 aromatic carbocycles. The van der Waals surface area contributed by atoms with Crippen molar-refractivity contribution in [2.24, 2.45) is 0 Å². The summed E-state index contributed by atoms with van der Waals surface area (Å²) < 4.78 is 1.68. The molecule has 0 unspecified atom stereocenters. The maximum atomic E-state index is 5.55. The highest BCUT2D eigenvalue weighted by molar-refractivity contribution is 8.01. The maximum Gasteiger partial charge on any atom is 0.0448 e. The van der Waals surface area contributed by atoms with E-state index >= 15 is 0 Å². The number of nitrogens with zero attached hydrogens (tertiary/aromatic N) is 1. The van der Waals surface area contributed by atoms with Crippen LogP contribution in [0.25, 0.3) is 0 Å². The fraction of sp³-hybridized carbons (Fsp3) is 0.500. The van der Waals surface area contributed by atoms with Crippen LogP contribution < -0.4 is 0 Å². The van der Waals surface area contributed by atoms with Gasteiger partial charge in [-0.2, -0.15) is 3.82 Å². The largest absolute Gasteiger partial charge is 0.155 e. The topological polar surface area (TPSA) is 3.24 Å². The third-order valence-electron chi connectivity index (χ3n) is 0.765. The molecule has 0 saturated carbocycles. The quantitative estimate of drug-likeness (QED) is 0.369. The van der Waals surface area contributed by atoms with E-state index in [2.05, 4.69) is 6.08 Å². The van der Waals surface area contributed by atoms with Crippen LogP contribution in [0.2, 0.25) is 0 Å². The molecule has 0 aromatic heterocycles. The van der Waals surface area contributed by atoms with Gasteiger partial charge < -0.3 is 0 Å². The zero-order valence-corrected chi connectivity index (χ0v) is 5.59. The number of rotatable bonds is 0. The third kappa shape index (κ3) is 1.37. The molecule has 0 aliphatic carbocycles. The first-order chi connectivity index (χ1) is 3.29. The van der Waals surface area contributed by atoms with Crippen LogP contribution in [-0.4, -0.2) is 10.4 Å². The van der Waals surface area contributed by atoms with Crippen molar-refractivity contribution in [3.8, 4) is 0 Å². The highest BCUT2D eigenvalue weighted by Crippen LogP contribution is 2.27. The van der Waals surface area contributed by atoms with Crippen LogP contribution in [-0.2, 0) is 0 Å². The van der Waals surface area contributed by atoms with Crippen LogP contribution in [0, 0.1) is 0 Å². The molecule has 3 heteroatoms. The number of allylic oxidation sites excluding steroid dienone is 1. The molecule has 40 valence electrons. The van der Waals surface area contributed by atoms with Gasteiger partial charge in [-0.1, -0.05) is 6.08 Å². The monoisotopic (exact) mass is 135 g/mol. The fourth-order valence-corrected chi connectivity index (χ4v) is 1.44. The lowest BCUT2D eigenvalue weighted by Gasteiger charge is -1.97. The summed E-state index contributed by atoms with van der Waals surface area (Å²) in [7, 11) is 0. The molecule has 1 heterocycles. The zero-order valence-electron chi connectivity index (χ0n) is 4.02. The number of hydrogen-bond acceptors (Lipinski definition) is 2. The number of halogens is 1. The van der Waals surface area contributed by atoms with Crippen molar-refractivity contribution in [1.82, 2.24) is 3.82 Å². The Hall–Kier alpha value is 0.340. The smallest absolute Gasteiger partial charge is 0.0448 e. The highest BCUT2D eigenvalue weighted by atomic mass is 35.5. The number of hydrogen-bond donors (Lipinski definition) is 0. The van der Waals surface area contributed by atoms with Crippen molar-refractivity contribution in [3.63, 3.8) is 0 Å². The average molecular weight is 136 g/mol. The summed E-state index contributed by atoms with van der Waals surface area (Å²) in [5.41, 5.74) is 0. The predicted molar refractivity (Wildman–Crippen MR) is 33.9 cm³/mol. The Morgan fingerprint density at radius 1 is 2.00 bits per heavy atom. The SMILES string of the molecule is CC1=CCN(Cl)S1. The minimum atomic E-state index is 0.873. The highest BCUT2D eigenvalue weighted by Gasteiger charge is 2.06. The molecule has 0 atom stereocenters. The van der Waals surface area contributed by atoms with Crippen LogP contribution >= 0.6 is 23.7 Å². The second kappa shape index (κ2) is 2.07. The second-order valence-electron chi connectivity index (χ2n) is 1.41. The Labute approximate surface area is 52.6 Å². The lowest BCUT2D eigenvalue weighted by Crippen LogP contribution is -1.92. The van der Waals surface area contributed by atoms with Crippen molar-refractivity contribution in [3.05, 3.63) is 11.0 Å². The van der Waals surface area contributed by atoms with E-state index < -0.39 is 0 Å². The molecule has 7 heavy (non-hydrogen) atoms. The summed E-state index contributed by atoms with van der Waals surface area (Å²) in [5, 5.41) is 0. The first-order valence-electron chi connectivity index (χ1n) is 2.07. The molecule has 1 aliphatic rings. The Kier molecular flexibility index (Phi) is 1.62. The van der Waals surface area contributed by atoms with Crippen molar-refractivity contribution in [2.75, 3.05) is 6.54 Å². The summed E-state index contributed by atoms with van der Waals surface area (Å²) in [6, 6.07) is 0. The molecule has 0 saturated heterocycles. The maximum absolute atomic E-state index is 5.55. The van der Waals surface area contributed by atoms with Crippen LogP contribution in [0.3, 0.4) is 0 Å². The first kappa shape index (κ1) is 5.48. The normalized spacial score (nSPS) is 22.9. The van der Waals surface area contributed by atoms with Crippen molar-refractivity contribution >= 4 is 23.7 Å². The molecular weight excluding hydrogens is 130 g/mol. The van der Waals surface area contributed by atoms with E-state index in [1.54, 1.807) is 15.8 Å². The summed E-state index contributed by atoms with van der Waals surface area (Å²) in [4.78, 5) is 1.29. The van der Waals surface area contributed by atoms with Gasteiger partial charge in [-0.25, -0.2) is 0 Å². The average Bonchev–Trinajstić information content (AvgIpc) is 1.87. The summed E-state index contributed by atoms with van der Waals surface area (Å²) in [6.07, 6.45) is 2.09. The van der Waals surface area contributed by atoms with Gasteiger partial charge in [0, 0.05) is 6.54 Å². The van der Waals surface area contributed by atoms with Crippen LogP contribution in [0.1, 0.15) is 6.92 Å². The summed E-state index contributed by atoms with van der Waals surface area (Å²) in [6.45, 7) is 2.92. The van der Waals surface area contributed by atoms with Crippen LogP contribution in [0.15, 0.2) is 11.0 Å². The molecule has 0 bridgehead atoms. The van der Waals surface area contributed by atoms with E-state index in [0.717, 1.165) is 6.54 Å². The molecule has 0 amide bonds. The summed E-state index contributed by atoms with van der Waals surface area (Å²) in [5.74, 6) is 0. The minimum Gasteiger partial charge on any atom is -0.155 e. The lowest BCUT2D eigenvalue weighted by molar-refractivity contribution is 0.841. The second-order valence-corrected chi connectivity index (χ2v) is 3.28. The molecule has 1 rings (SSSR count). The van der Waals surface area contributed by atoms with E-state index in [1.165, 1.54) is 4.91 Å². The van der Waals surface area contributed by atoms with E-state index in [0.29, 0.717) is 0 Å². The van der Waals surface area contributed by atoms with Gasteiger partial charge in [0.2, 0.25) is 0 Å². The van der Waals surface area contributed by atoms with Gasteiger partial charge in [-0.15, -0.1) is 0 Å². The van der Waals surface area contributed by atoms with E-state index in [4.69, 9.17) is 11.8 Å². The van der Waals surface area contributed by atoms with Crippen LogP contribution in [0.4, 0.5) is 0 Å². The van der Waals surface area contributed by atoms with Gasteiger partial charge >= 0.3 is 0 Å². The standard InChI is InChI=1S/C4H6ClNS/c1-4-2-3-6(5)7-4/h2H,3H2,1H3. The Morgan fingerprint density at radius 2 is 2.71 bits per heavy atom. The van der Waals surface area contributed by atoms with Gasteiger partial charge in [-0.05, 0) is 35.6 Å². The molecule has 1 nitrogen and oxygen atoms in total. The van der Waals surface area contributed by atoms with E-state index in [-0.39, 0.29) is 0 Å².